The van der Waals surface area contributed by atoms with Crippen LogP contribution in [0.25, 0.3) is 0 Å². The predicted molar refractivity (Wildman–Crippen MR) is 37.6 cm³/mol. The van der Waals surface area contributed by atoms with E-state index in [-0.39, 0.29) is 6.03 Å². The molecule has 2 amide bonds. The van der Waals surface area contributed by atoms with Crippen molar-refractivity contribution >= 4 is 6.03 Å². The maximum atomic E-state index is 10.7. The predicted octanol–water partition coefficient (Wildman–Crippen LogP) is 0.325. The van der Waals surface area contributed by atoms with E-state index in [1.807, 2.05) is 0 Å². The van der Waals surface area contributed by atoms with Crippen LogP contribution in [-0.2, 0) is 0 Å². The average Bonchev–Trinajstić information content (AvgIpc) is 2.53. The normalized spacial score (nSPS) is 34.9. The Kier molecular flexibility index (Phi) is 0.993. The van der Waals surface area contributed by atoms with Crippen molar-refractivity contribution in [3.63, 3.8) is 0 Å². The highest BCUT2D eigenvalue weighted by molar-refractivity contribution is 5.75. The van der Waals surface area contributed by atoms with Crippen molar-refractivity contribution < 1.29 is 4.79 Å². The molecular weight excluding hydrogens is 128 g/mol. The van der Waals surface area contributed by atoms with Gasteiger partial charge in [0, 0.05) is 18.5 Å². The second-order valence-electron chi connectivity index (χ2n) is 3.50. The molecule has 2 rings (SSSR count). The fourth-order valence-electron chi connectivity index (χ4n) is 1.68. The largest absolute Gasteiger partial charge is 0.338 e. The van der Waals surface area contributed by atoms with Gasteiger partial charge in [0.15, 0.2) is 0 Å². The molecule has 0 aromatic carbocycles. The molecule has 2 aliphatic rings. The van der Waals surface area contributed by atoms with Gasteiger partial charge in [0.1, 0.15) is 0 Å². The van der Waals surface area contributed by atoms with E-state index in [1.54, 1.807) is 0 Å². The summed E-state index contributed by atoms with van der Waals surface area (Å²) in [6.45, 7) is 3.99. The van der Waals surface area contributed by atoms with Gasteiger partial charge in [-0.25, -0.2) is 4.79 Å². The lowest BCUT2D eigenvalue weighted by atomic mass is 10.0. The van der Waals surface area contributed by atoms with E-state index in [4.69, 9.17) is 0 Å². The summed E-state index contributed by atoms with van der Waals surface area (Å²) in [6.07, 6.45) is 1.26. The molecule has 1 heterocycles. The van der Waals surface area contributed by atoms with Crippen LogP contribution in [0.1, 0.15) is 13.3 Å². The van der Waals surface area contributed by atoms with Crippen LogP contribution >= 0.6 is 0 Å². The molecule has 1 spiro atoms. The first kappa shape index (κ1) is 6.01. The molecule has 0 bridgehead atoms. The van der Waals surface area contributed by atoms with Crippen LogP contribution < -0.4 is 10.6 Å². The summed E-state index contributed by atoms with van der Waals surface area (Å²) < 4.78 is 0. The quantitative estimate of drug-likeness (QED) is 0.500. The molecule has 56 valence electrons. The van der Waals surface area contributed by atoms with Gasteiger partial charge < -0.3 is 10.6 Å². The first-order chi connectivity index (χ1) is 4.73. The fourth-order valence-corrected chi connectivity index (χ4v) is 1.68. The van der Waals surface area contributed by atoms with Gasteiger partial charge >= 0.3 is 6.03 Å². The van der Waals surface area contributed by atoms with Gasteiger partial charge in [0.05, 0.1) is 0 Å². The average molecular weight is 140 g/mol. The molecule has 0 radical (unpaired) electrons. The van der Waals surface area contributed by atoms with Gasteiger partial charge in [0.2, 0.25) is 0 Å². The van der Waals surface area contributed by atoms with Crippen molar-refractivity contribution in [2.45, 2.75) is 13.3 Å². The van der Waals surface area contributed by atoms with Crippen molar-refractivity contribution in [1.29, 1.82) is 0 Å². The van der Waals surface area contributed by atoms with Crippen LogP contribution in [0, 0.1) is 11.3 Å². The Labute approximate surface area is 60.2 Å². The smallest absolute Gasteiger partial charge is 0.314 e. The maximum Gasteiger partial charge on any atom is 0.314 e. The number of urea groups is 1. The second-order valence-corrected chi connectivity index (χ2v) is 3.50. The van der Waals surface area contributed by atoms with Gasteiger partial charge in [-0.15, -0.1) is 0 Å². The Bertz CT molecular complexity index is 168. The number of hydrogen-bond donors (Lipinski definition) is 2. The van der Waals surface area contributed by atoms with Gasteiger partial charge in [-0.1, -0.05) is 6.92 Å². The number of rotatable bonds is 0. The van der Waals surface area contributed by atoms with Gasteiger partial charge in [0.25, 0.3) is 0 Å². The molecule has 0 aromatic heterocycles. The number of nitrogens with one attached hydrogen (secondary N) is 2. The van der Waals surface area contributed by atoms with Crippen molar-refractivity contribution in [2.24, 2.45) is 11.3 Å². The third-order valence-electron chi connectivity index (χ3n) is 2.80. The number of hydrogen-bond acceptors (Lipinski definition) is 1. The van der Waals surface area contributed by atoms with Crippen LogP contribution in [0.4, 0.5) is 4.79 Å². The molecule has 1 aliphatic carbocycles. The topological polar surface area (TPSA) is 41.1 Å². The Morgan fingerprint density at radius 3 is 2.40 bits per heavy atom. The molecule has 1 saturated heterocycles. The Balaban J connectivity index is 1.99. The van der Waals surface area contributed by atoms with Crippen LogP contribution in [0.3, 0.4) is 0 Å². The third kappa shape index (κ3) is 0.696. The van der Waals surface area contributed by atoms with E-state index < -0.39 is 0 Å². The lowest BCUT2D eigenvalue weighted by Crippen LogP contribution is -2.49. The molecule has 1 unspecified atom stereocenters. The first-order valence-corrected chi connectivity index (χ1v) is 3.75. The first-order valence-electron chi connectivity index (χ1n) is 3.75. The Morgan fingerprint density at radius 2 is 2.00 bits per heavy atom. The zero-order valence-corrected chi connectivity index (χ0v) is 6.11. The highest BCUT2D eigenvalue weighted by atomic mass is 16.2. The maximum absolute atomic E-state index is 10.7. The minimum atomic E-state index is -0.00951. The van der Waals surface area contributed by atoms with E-state index >= 15 is 0 Å². The summed E-state index contributed by atoms with van der Waals surface area (Å²) in [7, 11) is 0. The van der Waals surface area contributed by atoms with Gasteiger partial charge in [-0.05, 0) is 12.3 Å². The van der Waals surface area contributed by atoms with Crippen molar-refractivity contribution in [3.05, 3.63) is 0 Å². The molecule has 1 atom stereocenters. The zero-order chi connectivity index (χ0) is 7.19. The standard InChI is InChI=1S/C7H12N2O/c1-5-2-7(5)3-8-6(10)9-4-7/h5H,2-4H2,1H3,(H2,8,9,10). The van der Waals surface area contributed by atoms with Crippen LogP contribution in [0.5, 0.6) is 0 Å². The summed E-state index contributed by atoms with van der Waals surface area (Å²) >= 11 is 0. The highest BCUT2D eigenvalue weighted by Gasteiger charge is 2.52. The second kappa shape index (κ2) is 1.65. The van der Waals surface area contributed by atoms with E-state index in [0.717, 1.165) is 19.0 Å². The highest BCUT2D eigenvalue weighted by Crippen LogP contribution is 2.51. The molecule has 10 heavy (non-hydrogen) atoms. The van der Waals surface area contributed by atoms with Gasteiger partial charge in [-0.2, -0.15) is 0 Å². The summed E-state index contributed by atoms with van der Waals surface area (Å²) in [4.78, 5) is 10.7. The SMILES string of the molecule is CC1CC12CNC(=O)NC2. The van der Waals surface area contributed by atoms with Crippen LogP contribution in [0.15, 0.2) is 0 Å². The minimum absolute atomic E-state index is 0.00951. The minimum Gasteiger partial charge on any atom is -0.338 e. The summed E-state index contributed by atoms with van der Waals surface area (Å²) in [5.41, 5.74) is 0.425. The summed E-state index contributed by atoms with van der Waals surface area (Å²) in [6, 6.07) is -0.00951. The summed E-state index contributed by atoms with van der Waals surface area (Å²) in [5, 5.41) is 5.63. The zero-order valence-electron chi connectivity index (χ0n) is 6.11. The molecule has 2 N–H and O–H groups in total. The molecule has 2 fully saturated rings. The van der Waals surface area contributed by atoms with Crippen LogP contribution in [-0.4, -0.2) is 19.1 Å². The van der Waals surface area contributed by atoms with Crippen molar-refractivity contribution in [1.82, 2.24) is 10.6 Å². The lowest BCUT2D eigenvalue weighted by Gasteiger charge is -2.23. The van der Waals surface area contributed by atoms with Gasteiger partial charge in [-0.3, -0.25) is 0 Å². The lowest BCUT2D eigenvalue weighted by molar-refractivity contribution is 0.224. The van der Waals surface area contributed by atoms with Crippen molar-refractivity contribution in [3.8, 4) is 0 Å². The number of amides is 2. The van der Waals surface area contributed by atoms with Crippen molar-refractivity contribution in [2.75, 3.05) is 13.1 Å². The van der Waals surface area contributed by atoms with E-state index in [2.05, 4.69) is 17.6 Å². The Morgan fingerprint density at radius 1 is 1.50 bits per heavy atom. The number of carbonyl (C=O) groups excluding carboxylic acids is 1. The molecule has 1 saturated carbocycles. The van der Waals surface area contributed by atoms with E-state index in [9.17, 15) is 4.79 Å². The molecule has 3 nitrogen and oxygen atoms in total. The fraction of sp³-hybridized carbons (Fsp3) is 0.857. The Hall–Kier alpha value is -0.730. The molecule has 1 aliphatic heterocycles. The summed E-state index contributed by atoms with van der Waals surface area (Å²) in [5.74, 6) is 0.792. The van der Waals surface area contributed by atoms with E-state index in [1.165, 1.54) is 6.42 Å². The third-order valence-corrected chi connectivity index (χ3v) is 2.80. The monoisotopic (exact) mass is 140 g/mol. The molecule has 0 aromatic rings. The number of carbonyl (C=O) groups is 1. The molecular formula is C7H12N2O. The van der Waals surface area contributed by atoms with E-state index in [0.29, 0.717) is 5.41 Å². The van der Waals surface area contributed by atoms with Crippen LogP contribution in [0.2, 0.25) is 0 Å². The molecule has 3 heteroatoms.